The Morgan fingerprint density at radius 1 is 1.56 bits per heavy atom. The molecule has 0 amide bonds. The first kappa shape index (κ1) is 13.5. The first-order valence-corrected chi connectivity index (χ1v) is 6.61. The van der Waals surface area contributed by atoms with Crippen LogP contribution in [0.15, 0.2) is 18.2 Å². The lowest BCUT2D eigenvalue weighted by molar-refractivity contribution is -0.118. The minimum Gasteiger partial charge on any atom is -0.300 e. The molecule has 1 aromatic carbocycles. The second-order valence-corrected chi connectivity index (χ2v) is 5.33. The number of Topliss-reactive ketones (excluding diaryl/α,β-unsaturated/α-hetero) is 1. The molecule has 1 fully saturated rings. The summed E-state index contributed by atoms with van der Waals surface area (Å²) in [6.45, 7) is 3.36. The van der Waals surface area contributed by atoms with Gasteiger partial charge in [0.2, 0.25) is 0 Å². The summed E-state index contributed by atoms with van der Waals surface area (Å²) in [6.07, 6.45) is 2.79. The van der Waals surface area contributed by atoms with E-state index in [-0.39, 0.29) is 16.6 Å². The van der Waals surface area contributed by atoms with Gasteiger partial charge >= 0.3 is 0 Å². The number of carbonyl (C=O) groups excluding carboxylic acids is 1. The van der Waals surface area contributed by atoms with Crippen LogP contribution in [0.25, 0.3) is 0 Å². The number of halogens is 2. The second-order valence-electron chi connectivity index (χ2n) is 4.92. The van der Waals surface area contributed by atoms with Crippen LogP contribution in [0.2, 0.25) is 5.02 Å². The number of hydrogen-bond acceptors (Lipinski definition) is 2. The fourth-order valence-electron chi connectivity index (χ4n) is 2.54. The van der Waals surface area contributed by atoms with Crippen molar-refractivity contribution in [1.29, 1.82) is 0 Å². The van der Waals surface area contributed by atoms with Crippen LogP contribution >= 0.6 is 11.6 Å². The Morgan fingerprint density at radius 3 is 3.00 bits per heavy atom. The molecule has 1 unspecified atom stereocenters. The van der Waals surface area contributed by atoms with Crippen molar-refractivity contribution in [3.63, 3.8) is 0 Å². The van der Waals surface area contributed by atoms with Crippen molar-refractivity contribution in [1.82, 2.24) is 4.90 Å². The molecule has 1 saturated heterocycles. The highest BCUT2D eigenvalue weighted by Gasteiger charge is 2.25. The van der Waals surface area contributed by atoms with Crippen LogP contribution < -0.4 is 0 Å². The summed E-state index contributed by atoms with van der Waals surface area (Å²) in [6, 6.07) is 5.14. The minimum atomic E-state index is -0.387. The molecule has 1 aromatic rings. The molecular formula is C14H17ClFNO. The molecule has 0 aromatic heterocycles. The number of carbonyl (C=O) groups is 1. The van der Waals surface area contributed by atoms with Gasteiger partial charge in [0, 0.05) is 19.0 Å². The van der Waals surface area contributed by atoms with Crippen LogP contribution in [0.3, 0.4) is 0 Å². The predicted octanol–water partition coefficient (Wildman–Crippen LogP) is 3.42. The van der Waals surface area contributed by atoms with E-state index in [4.69, 9.17) is 11.6 Å². The molecule has 1 aliphatic heterocycles. The molecule has 98 valence electrons. The minimum absolute atomic E-state index is 0.162. The van der Waals surface area contributed by atoms with Crippen LogP contribution in [0.4, 0.5) is 4.39 Å². The Labute approximate surface area is 112 Å². The summed E-state index contributed by atoms with van der Waals surface area (Å²) in [5.74, 6) is -0.161. The van der Waals surface area contributed by atoms with Gasteiger partial charge in [0.25, 0.3) is 0 Å². The predicted molar refractivity (Wildman–Crippen MR) is 70.1 cm³/mol. The second kappa shape index (κ2) is 5.81. The number of hydrogen-bond donors (Lipinski definition) is 0. The molecule has 1 atom stereocenters. The number of benzene rings is 1. The van der Waals surface area contributed by atoms with Crippen LogP contribution in [0.1, 0.15) is 31.7 Å². The monoisotopic (exact) mass is 269 g/mol. The molecule has 1 heterocycles. The Balaban J connectivity index is 2.03. The first-order valence-electron chi connectivity index (χ1n) is 6.23. The van der Waals surface area contributed by atoms with Gasteiger partial charge < -0.3 is 0 Å². The van der Waals surface area contributed by atoms with E-state index in [1.165, 1.54) is 6.07 Å². The van der Waals surface area contributed by atoms with Gasteiger partial charge in [-0.15, -0.1) is 0 Å². The van der Waals surface area contributed by atoms with Crippen molar-refractivity contribution in [3.05, 3.63) is 34.6 Å². The van der Waals surface area contributed by atoms with E-state index in [1.807, 2.05) is 0 Å². The van der Waals surface area contributed by atoms with Crippen LogP contribution in [0.5, 0.6) is 0 Å². The Bertz CT molecular complexity index is 449. The summed E-state index contributed by atoms with van der Waals surface area (Å²) in [4.78, 5) is 13.5. The van der Waals surface area contributed by atoms with Crippen LogP contribution in [-0.4, -0.2) is 23.3 Å². The molecule has 0 radical (unpaired) electrons. The van der Waals surface area contributed by atoms with E-state index >= 15 is 0 Å². The molecule has 0 spiro atoms. The lowest BCUT2D eigenvalue weighted by Crippen LogP contribution is -2.30. The van der Waals surface area contributed by atoms with Gasteiger partial charge in [0.15, 0.2) is 0 Å². The van der Waals surface area contributed by atoms with Crippen molar-refractivity contribution in [2.45, 2.75) is 38.8 Å². The van der Waals surface area contributed by atoms with Crippen molar-refractivity contribution in [2.24, 2.45) is 0 Å². The molecule has 0 bridgehead atoms. The smallest absolute Gasteiger partial charge is 0.141 e. The maximum absolute atomic E-state index is 13.1. The zero-order chi connectivity index (χ0) is 13.1. The van der Waals surface area contributed by atoms with Gasteiger partial charge in [-0.1, -0.05) is 17.7 Å². The van der Waals surface area contributed by atoms with Crippen LogP contribution in [0, 0.1) is 5.82 Å². The van der Waals surface area contributed by atoms with Gasteiger partial charge in [0.05, 0.1) is 5.02 Å². The highest BCUT2D eigenvalue weighted by atomic mass is 35.5. The van der Waals surface area contributed by atoms with E-state index in [0.29, 0.717) is 12.5 Å². The number of likely N-dealkylation sites (tertiary alicyclic amines) is 1. The summed E-state index contributed by atoms with van der Waals surface area (Å²) in [5.41, 5.74) is 0.997. The molecular weight excluding hydrogens is 253 g/mol. The van der Waals surface area contributed by atoms with E-state index < -0.39 is 0 Å². The highest BCUT2D eigenvalue weighted by molar-refractivity contribution is 6.30. The first-order chi connectivity index (χ1) is 8.56. The lowest BCUT2D eigenvalue weighted by atomic mass is 10.1. The third-order valence-corrected chi connectivity index (χ3v) is 3.68. The Morgan fingerprint density at radius 2 is 2.33 bits per heavy atom. The summed E-state index contributed by atoms with van der Waals surface area (Å²) >= 11 is 5.77. The number of ketones is 1. The standard InChI is InChI=1S/C14H17ClFNO/c1-10(18)7-12-3-2-6-17(12)9-11-4-5-14(16)13(15)8-11/h4-5,8,12H,2-3,6-7,9H2,1H3. The zero-order valence-corrected chi connectivity index (χ0v) is 11.2. The zero-order valence-electron chi connectivity index (χ0n) is 10.5. The molecule has 2 nitrogen and oxygen atoms in total. The van der Waals surface area contributed by atoms with Gasteiger partial charge in [-0.05, 0) is 44.0 Å². The van der Waals surface area contributed by atoms with Gasteiger partial charge in [0.1, 0.15) is 11.6 Å². The molecule has 1 aliphatic rings. The van der Waals surface area contributed by atoms with E-state index in [9.17, 15) is 9.18 Å². The third kappa shape index (κ3) is 3.30. The van der Waals surface area contributed by atoms with E-state index in [2.05, 4.69) is 4.90 Å². The van der Waals surface area contributed by atoms with Crippen molar-refractivity contribution >= 4 is 17.4 Å². The quantitative estimate of drug-likeness (QED) is 0.835. The number of rotatable bonds is 4. The van der Waals surface area contributed by atoms with Gasteiger partial charge in [-0.3, -0.25) is 9.69 Å². The summed E-state index contributed by atoms with van der Waals surface area (Å²) in [7, 11) is 0. The molecule has 18 heavy (non-hydrogen) atoms. The van der Waals surface area contributed by atoms with Crippen LogP contribution in [-0.2, 0) is 11.3 Å². The van der Waals surface area contributed by atoms with Gasteiger partial charge in [-0.2, -0.15) is 0 Å². The van der Waals surface area contributed by atoms with Crippen molar-refractivity contribution in [2.75, 3.05) is 6.54 Å². The molecule has 2 rings (SSSR count). The molecule has 0 saturated carbocycles. The molecule has 4 heteroatoms. The van der Waals surface area contributed by atoms with E-state index in [1.54, 1.807) is 19.1 Å². The molecule has 0 aliphatic carbocycles. The highest BCUT2D eigenvalue weighted by Crippen LogP contribution is 2.24. The fraction of sp³-hybridized carbons (Fsp3) is 0.500. The third-order valence-electron chi connectivity index (χ3n) is 3.39. The average molecular weight is 270 g/mol. The largest absolute Gasteiger partial charge is 0.300 e. The average Bonchev–Trinajstić information content (AvgIpc) is 2.70. The van der Waals surface area contributed by atoms with E-state index in [0.717, 1.165) is 31.5 Å². The lowest BCUT2D eigenvalue weighted by Gasteiger charge is -2.23. The topological polar surface area (TPSA) is 20.3 Å². The summed E-state index contributed by atoms with van der Waals surface area (Å²) < 4.78 is 13.1. The maximum Gasteiger partial charge on any atom is 0.141 e. The Hall–Kier alpha value is -0.930. The van der Waals surface area contributed by atoms with Crippen molar-refractivity contribution < 1.29 is 9.18 Å². The fourth-order valence-corrected chi connectivity index (χ4v) is 2.74. The normalized spacial score (nSPS) is 20.3. The van der Waals surface area contributed by atoms with Gasteiger partial charge in [-0.25, -0.2) is 4.39 Å². The summed E-state index contributed by atoms with van der Waals surface area (Å²) in [5, 5.41) is 0.162. The maximum atomic E-state index is 13.1. The molecule has 0 N–H and O–H groups in total. The number of nitrogens with zero attached hydrogens (tertiary/aromatic N) is 1. The van der Waals surface area contributed by atoms with Crippen molar-refractivity contribution in [3.8, 4) is 0 Å². The Kier molecular flexibility index (Phi) is 4.36. The SMILES string of the molecule is CC(=O)CC1CCCN1Cc1ccc(F)c(Cl)c1.